The molecule has 2 rings (SSSR count). The van der Waals surface area contributed by atoms with Gasteiger partial charge < -0.3 is 5.73 Å². The van der Waals surface area contributed by atoms with Crippen LogP contribution in [0.2, 0.25) is 0 Å². The minimum Gasteiger partial charge on any atom is -0.398 e. The van der Waals surface area contributed by atoms with Crippen molar-refractivity contribution in [3.8, 4) is 11.1 Å². The van der Waals surface area contributed by atoms with Crippen molar-refractivity contribution >= 4 is 5.69 Å². The summed E-state index contributed by atoms with van der Waals surface area (Å²) in [5, 5.41) is 0. The van der Waals surface area contributed by atoms with Crippen molar-refractivity contribution in [3.05, 3.63) is 53.8 Å². The van der Waals surface area contributed by atoms with E-state index in [0.717, 1.165) is 17.5 Å². The zero-order valence-corrected chi connectivity index (χ0v) is 9.20. The van der Waals surface area contributed by atoms with Crippen LogP contribution in [0.3, 0.4) is 0 Å². The van der Waals surface area contributed by atoms with E-state index in [0.29, 0.717) is 5.69 Å². The second-order valence-electron chi connectivity index (χ2n) is 3.79. The summed E-state index contributed by atoms with van der Waals surface area (Å²) < 4.78 is 12.9. The molecule has 16 heavy (non-hydrogen) atoms. The van der Waals surface area contributed by atoms with Crippen LogP contribution in [0.4, 0.5) is 10.1 Å². The van der Waals surface area contributed by atoms with E-state index in [1.165, 1.54) is 17.7 Å². The van der Waals surface area contributed by atoms with Gasteiger partial charge in [0.05, 0.1) is 0 Å². The summed E-state index contributed by atoms with van der Waals surface area (Å²) >= 11 is 0. The standard InChI is InChI=1S/C14H14FN/c1-2-10-4-3-5-11(8-10)13-7-6-12(15)9-14(13)16/h3-9H,2,16H2,1H3. The average Bonchev–Trinajstić information content (AvgIpc) is 2.29. The number of hydrogen-bond acceptors (Lipinski definition) is 1. The maximum absolute atomic E-state index is 12.9. The first-order chi connectivity index (χ1) is 7.70. The minimum atomic E-state index is -0.298. The number of nitrogen functional groups attached to an aromatic ring is 1. The lowest BCUT2D eigenvalue weighted by Crippen LogP contribution is -1.92. The van der Waals surface area contributed by atoms with E-state index in [-0.39, 0.29) is 5.82 Å². The average molecular weight is 215 g/mol. The number of anilines is 1. The molecule has 0 saturated carbocycles. The Bertz CT molecular complexity index is 506. The first-order valence-electron chi connectivity index (χ1n) is 5.35. The van der Waals surface area contributed by atoms with Crippen LogP contribution >= 0.6 is 0 Å². The monoisotopic (exact) mass is 215 g/mol. The van der Waals surface area contributed by atoms with Gasteiger partial charge in [-0.3, -0.25) is 0 Å². The molecule has 0 heterocycles. The van der Waals surface area contributed by atoms with E-state index < -0.39 is 0 Å². The molecular formula is C14H14FN. The molecule has 2 aromatic carbocycles. The van der Waals surface area contributed by atoms with Crippen molar-refractivity contribution in [1.29, 1.82) is 0 Å². The summed E-state index contributed by atoms with van der Waals surface area (Å²) in [7, 11) is 0. The largest absolute Gasteiger partial charge is 0.398 e. The molecule has 2 N–H and O–H groups in total. The van der Waals surface area contributed by atoms with Gasteiger partial charge in [0, 0.05) is 11.3 Å². The predicted molar refractivity (Wildman–Crippen MR) is 65.6 cm³/mol. The lowest BCUT2D eigenvalue weighted by molar-refractivity contribution is 0.628. The lowest BCUT2D eigenvalue weighted by Gasteiger charge is -2.07. The Morgan fingerprint density at radius 2 is 1.94 bits per heavy atom. The molecule has 0 atom stereocenters. The van der Waals surface area contributed by atoms with Crippen molar-refractivity contribution in [2.24, 2.45) is 0 Å². The topological polar surface area (TPSA) is 26.0 Å². The maximum Gasteiger partial charge on any atom is 0.125 e. The first kappa shape index (κ1) is 10.7. The summed E-state index contributed by atoms with van der Waals surface area (Å²) in [6.45, 7) is 2.10. The molecule has 0 radical (unpaired) electrons. The van der Waals surface area contributed by atoms with Crippen molar-refractivity contribution < 1.29 is 4.39 Å². The number of hydrogen-bond donors (Lipinski definition) is 1. The van der Waals surface area contributed by atoms with Crippen LogP contribution in [0.5, 0.6) is 0 Å². The zero-order chi connectivity index (χ0) is 11.5. The third-order valence-corrected chi connectivity index (χ3v) is 2.66. The van der Waals surface area contributed by atoms with Gasteiger partial charge >= 0.3 is 0 Å². The highest BCUT2D eigenvalue weighted by molar-refractivity contribution is 5.76. The van der Waals surface area contributed by atoms with Gasteiger partial charge in [-0.05, 0) is 35.7 Å². The molecule has 2 aromatic rings. The predicted octanol–water partition coefficient (Wildman–Crippen LogP) is 3.64. The van der Waals surface area contributed by atoms with Crippen molar-refractivity contribution in [2.75, 3.05) is 5.73 Å². The molecule has 0 amide bonds. The molecular weight excluding hydrogens is 201 g/mol. The van der Waals surface area contributed by atoms with Gasteiger partial charge in [-0.1, -0.05) is 31.2 Å². The van der Waals surface area contributed by atoms with Gasteiger partial charge in [-0.25, -0.2) is 4.39 Å². The van der Waals surface area contributed by atoms with Crippen LogP contribution in [0.25, 0.3) is 11.1 Å². The van der Waals surface area contributed by atoms with Crippen molar-refractivity contribution in [1.82, 2.24) is 0 Å². The summed E-state index contributed by atoms with van der Waals surface area (Å²) in [4.78, 5) is 0. The quantitative estimate of drug-likeness (QED) is 0.760. The Kier molecular flexibility index (Phi) is 2.91. The summed E-state index contributed by atoms with van der Waals surface area (Å²) in [6.07, 6.45) is 0.981. The maximum atomic E-state index is 12.9. The Morgan fingerprint density at radius 3 is 2.62 bits per heavy atom. The molecule has 0 aliphatic carbocycles. The Morgan fingerprint density at radius 1 is 1.12 bits per heavy atom. The molecule has 1 nitrogen and oxygen atoms in total. The molecule has 0 fully saturated rings. The lowest BCUT2D eigenvalue weighted by atomic mass is 10.0. The number of rotatable bonds is 2. The minimum absolute atomic E-state index is 0.298. The number of benzene rings is 2. The van der Waals surface area contributed by atoms with E-state index >= 15 is 0 Å². The Hall–Kier alpha value is -1.83. The highest BCUT2D eigenvalue weighted by Gasteiger charge is 2.04. The Balaban J connectivity index is 2.49. The second-order valence-corrected chi connectivity index (χ2v) is 3.79. The smallest absolute Gasteiger partial charge is 0.125 e. The van der Waals surface area contributed by atoms with E-state index in [1.807, 2.05) is 12.1 Å². The van der Waals surface area contributed by atoms with Gasteiger partial charge in [0.25, 0.3) is 0 Å². The van der Waals surface area contributed by atoms with Gasteiger partial charge in [-0.15, -0.1) is 0 Å². The normalized spacial score (nSPS) is 10.4. The van der Waals surface area contributed by atoms with Gasteiger partial charge in [0.2, 0.25) is 0 Å². The van der Waals surface area contributed by atoms with Crippen LogP contribution in [0.15, 0.2) is 42.5 Å². The summed E-state index contributed by atoms with van der Waals surface area (Å²) in [6, 6.07) is 12.7. The summed E-state index contributed by atoms with van der Waals surface area (Å²) in [5.74, 6) is -0.298. The molecule has 0 bridgehead atoms. The molecule has 0 aliphatic rings. The van der Waals surface area contributed by atoms with E-state index in [1.54, 1.807) is 6.07 Å². The molecule has 2 heteroatoms. The highest BCUT2D eigenvalue weighted by atomic mass is 19.1. The van der Waals surface area contributed by atoms with Crippen LogP contribution in [-0.4, -0.2) is 0 Å². The fourth-order valence-corrected chi connectivity index (χ4v) is 1.76. The molecule has 82 valence electrons. The van der Waals surface area contributed by atoms with Crippen LogP contribution < -0.4 is 5.73 Å². The molecule has 0 aromatic heterocycles. The van der Waals surface area contributed by atoms with E-state index in [9.17, 15) is 4.39 Å². The number of aryl methyl sites for hydroxylation is 1. The fraction of sp³-hybridized carbons (Fsp3) is 0.143. The first-order valence-corrected chi connectivity index (χ1v) is 5.35. The van der Waals surface area contributed by atoms with E-state index in [4.69, 9.17) is 5.73 Å². The fourth-order valence-electron chi connectivity index (χ4n) is 1.76. The Labute approximate surface area is 94.7 Å². The molecule has 0 unspecified atom stereocenters. The van der Waals surface area contributed by atoms with Crippen LogP contribution in [0.1, 0.15) is 12.5 Å². The van der Waals surface area contributed by atoms with E-state index in [2.05, 4.69) is 19.1 Å². The number of halogens is 1. The molecule has 0 aliphatic heterocycles. The highest BCUT2D eigenvalue weighted by Crippen LogP contribution is 2.27. The SMILES string of the molecule is CCc1cccc(-c2ccc(F)cc2N)c1. The van der Waals surface area contributed by atoms with Gasteiger partial charge in [0.1, 0.15) is 5.82 Å². The second kappa shape index (κ2) is 4.35. The van der Waals surface area contributed by atoms with Crippen LogP contribution in [0, 0.1) is 5.82 Å². The van der Waals surface area contributed by atoms with Gasteiger partial charge in [-0.2, -0.15) is 0 Å². The van der Waals surface area contributed by atoms with Crippen molar-refractivity contribution in [2.45, 2.75) is 13.3 Å². The number of nitrogens with two attached hydrogens (primary N) is 1. The van der Waals surface area contributed by atoms with Crippen LogP contribution in [-0.2, 0) is 6.42 Å². The third kappa shape index (κ3) is 2.06. The molecule has 0 spiro atoms. The molecule has 0 saturated heterocycles. The zero-order valence-electron chi connectivity index (χ0n) is 9.20. The summed E-state index contributed by atoms with van der Waals surface area (Å²) in [5.41, 5.74) is 9.46. The third-order valence-electron chi connectivity index (χ3n) is 2.66. The van der Waals surface area contributed by atoms with Gasteiger partial charge in [0.15, 0.2) is 0 Å². The van der Waals surface area contributed by atoms with Crippen molar-refractivity contribution in [3.63, 3.8) is 0 Å².